The van der Waals surface area contributed by atoms with Crippen molar-refractivity contribution >= 4 is 11.8 Å². The predicted octanol–water partition coefficient (Wildman–Crippen LogP) is 1.55. The summed E-state index contributed by atoms with van der Waals surface area (Å²) in [6.07, 6.45) is 1.43. The standard InChI is InChI=1S/C18H21FN2O3/c1-11-16(22)20(2)6-7-21(11)17(23)14-10-18(14)5-8-24-15-4-3-12(19)9-13(15)18/h3-4,9,11,14H,5-8,10H2,1-2H3/t11-,14-,18-/m1/s1. The highest BCUT2D eigenvalue weighted by molar-refractivity contribution is 5.91. The number of benzene rings is 1. The number of hydrogen-bond donors (Lipinski definition) is 0. The summed E-state index contributed by atoms with van der Waals surface area (Å²) in [6.45, 7) is 3.44. The number of hydrogen-bond acceptors (Lipinski definition) is 3. The highest BCUT2D eigenvalue weighted by Crippen LogP contribution is 2.61. The number of carbonyl (C=O) groups is 2. The molecule has 1 aliphatic carbocycles. The van der Waals surface area contributed by atoms with Crippen LogP contribution < -0.4 is 4.74 Å². The fourth-order valence-electron chi connectivity index (χ4n) is 4.21. The summed E-state index contributed by atoms with van der Waals surface area (Å²) in [7, 11) is 1.76. The highest BCUT2D eigenvalue weighted by Gasteiger charge is 2.62. The van der Waals surface area contributed by atoms with Crippen LogP contribution >= 0.6 is 0 Å². The summed E-state index contributed by atoms with van der Waals surface area (Å²) >= 11 is 0. The van der Waals surface area contributed by atoms with Crippen molar-refractivity contribution in [2.45, 2.75) is 31.2 Å². The Morgan fingerprint density at radius 2 is 2.17 bits per heavy atom. The van der Waals surface area contributed by atoms with Crippen molar-refractivity contribution in [1.29, 1.82) is 0 Å². The second-order valence-corrected chi connectivity index (χ2v) is 7.12. The Morgan fingerprint density at radius 3 is 2.96 bits per heavy atom. The Balaban J connectivity index is 1.60. The predicted molar refractivity (Wildman–Crippen MR) is 85.1 cm³/mol. The van der Waals surface area contributed by atoms with Gasteiger partial charge in [0.1, 0.15) is 17.6 Å². The van der Waals surface area contributed by atoms with E-state index in [2.05, 4.69) is 0 Å². The quantitative estimate of drug-likeness (QED) is 0.784. The third kappa shape index (κ3) is 2.12. The zero-order valence-corrected chi connectivity index (χ0v) is 13.9. The van der Waals surface area contributed by atoms with Crippen molar-refractivity contribution in [3.8, 4) is 5.75 Å². The van der Waals surface area contributed by atoms with Gasteiger partial charge < -0.3 is 14.5 Å². The number of carbonyl (C=O) groups excluding carboxylic acids is 2. The average Bonchev–Trinajstić information content (AvgIpc) is 3.28. The van der Waals surface area contributed by atoms with Crippen LogP contribution in [0.2, 0.25) is 0 Å². The van der Waals surface area contributed by atoms with Gasteiger partial charge in [-0.2, -0.15) is 0 Å². The number of likely N-dealkylation sites (N-methyl/N-ethyl adjacent to an activating group) is 1. The lowest BCUT2D eigenvalue weighted by Crippen LogP contribution is -2.57. The first-order valence-electron chi connectivity index (χ1n) is 8.42. The van der Waals surface area contributed by atoms with Crippen LogP contribution in [0.4, 0.5) is 4.39 Å². The zero-order chi connectivity index (χ0) is 17.1. The number of amides is 2. The molecule has 1 aromatic carbocycles. The molecule has 2 aliphatic heterocycles. The van der Waals surface area contributed by atoms with Crippen LogP contribution in [0.1, 0.15) is 25.3 Å². The number of nitrogens with zero attached hydrogens (tertiary/aromatic N) is 2. The van der Waals surface area contributed by atoms with Gasteiger partial charge in [-0.05, 0) is 38.0 Å². The third-order valence-electron chi connectivity index (χ3n) is 5.82. The molecule has 0 aromatic heterocycles. The maximum atomic E-state index is 13.7. The first-order valence-corrected chi connectivity index (χ1v) is 8.42. The first kappa shape index (κ1) is 15.4. The molecule has 0 bridgehead atoms. The smallest absolute Gasteiger partial charge is 0.244 e. The van der Waals surface area contributed by atoms with Crippen LogP contribution in [0.5, 0.6) is 5.75 Å². The van der Waals surface area contributed by atoms with E-state index in [9.17, 15) is 14.0 Å². The molecule has 3 aliphatic rings. The van der Waals surface area contributed by atoms with E-state index in [4.69, 9.17) is 4.74 Å². The van der Waals surface area contributed by atoms with E-state index in [1.165, 1.54) is 12.1 Å². The lowest BCUT2D eigenvalue weighted by atomic mass is 9.87. The van der Waals surface area contributed by atoms with Crippen molar-refractivity contribution in [3.63, 3.8) is 0 Å². The minimum Gasteiger partial charge on any atom is -0.493 e. The van der Waals surface area contributed by atoms with Gasteiger partial charge in [0.25, 0.3) is 0 Å². The van der Waals surface area contributed by atoms with Gasteiger partial charge in [-0.3, -0.25) is 9.59 Å². The van der Waals surface area contributed by atoms with Crippen molar-refractivity contribution in [2.75, 3.05) is 26.7 Å². The number of piperazine rings is 1. The van der Waals surface area contributed by atoms with Gasteiger partial charge in [0, 0.05) is 37.0 Å². The monoisotopic (exact) mass is 332 g/mol. The second kappa shape index (κ2) is 5.19. The van der Waals surface area contributed by atoms with Crippen LogP contribution in [0.25, 0.3) is 0 Å². The molecule has 24 heavy (non-hydrogen) atoms. The van der Waals surface area contributed by atoms with Crippen LogP contribution in [0, 0.1) is 11.7 Å². The fraction of sp³-hybridized carbons (Fsp3) is 0.556. The molecule has 0 radical (unpaired) electrons. The van der Waals surface area contributed by atoms with Crippen molar-refractivity contribution in [1.82, 2.24) is 9.80 Å². The van der Waals surface area contributed by atoms with E-state index in [0.717, 1.165) is 12.0 Å². The molecule has 1 spiro atoms. The van der Waals surface area contributed by atoms with Crippen LogP contribution in [0.3, 0.4) is 0 Å². The normalized spacial score (nSPS) is 31.7. The number of ether oxygens (including phenoxy) is 1. The zero-order valence-electron chi connectivity index (χ0n) is 13.9. The molecule has 5 nitrogen and oxygen atoms in total. The van der Waals surface area contributed by atoms with Crippen LogP contribution in [-0.2, 0) is 15.0 Å². The Labute approximate surface area is 140 Å². The van der Waals surface area contributed by atoms with E-state index in [1.54, 1.807) is 29.8 Å². The molecule has 6 heteroatoms. The Kier molecular flexibility index (Phi) is 3.34. The van der Waals surface area contributed by atoms with Gasteiger partial charge in [0.15, 0.2) is 0 Å². The third-order valence-corrected chi connectivity index (χ3v) is 5.82. The highest BCUT2D eigenvalue weighted by atomic mass is 19.1. The van der Waals surface area contributed by atoms with Crippen LogP contribution in [0.15, 0.2) is 18.2 Å². The Morgan fingerprint density at radius 1 is 1.38 bits per heavy atom. The topological polar surface area (TPSA) is 49.9 Å². The summed E-state index contributed by atoms with van der Waals surface area (Å²) in [6, 6.07) is 4.10. The molecular weight excluding hydrogens is 311 g/mol. The van der Waals surface area contributed by atoms with Gasteiger partial charge in [0.2, 0.25) is 11.8 Å². The summed E-state index contributed by atoms with van der Waals surface area (Å²) in [5.41, 5.74) is 0.485. The molecule has 2 heterocycles. The summed E-state index contributed by atoms with van der Waals surface area (Å²) < 4.78 is 19.3. The van der Waals surface area contributed by atoms with Gasteiger partial charge >= 0.3 is 0 Å². The molecule has 1 aromatic rings. The molecule has 2 fully saturated rings. The minimum atomic E-state index is -0.430. The van der Waals surface area contributed by atoms with E-state index in [1.807, 2.05) is 0 Å². The molecular formula is C18H21FN2O3. The van der Waals surface area contributed by atoms with E-state index < -0.39 is 6.04 Å². The largest absolute Gasteiger partial charge is 0.493 e. The second-order valence-electron chi connectivity index (χ2n) is 7.12. The van der Waals surface area contributed by atoms with E-state index in [0.29, 0.717) is 31.9 Å². The van der Waals surface area contributed by atoms with E-state index >= 15 is 0 Å². The number of rotatable bonds is 1. The SMILES string of the molecule is C[C@@H]1C(=O)N(C)CCN1C(=O)[C@H]1C[C@@]12CCOc1ccc(F)cc12. The van der Waals surface area contributed by atoms with Gasteiger partial charge in [-0.15, -0.1) is 0 Å². The lowest BCUT2D eigenvalue weighted by molar-refractivity contribution is -0.150. The van der Waals surface area contributed by atoms with Crippen molar-refractivity contribution < 1.29 is 18.7 Å². The summed E-state index contributed by atoms with van der Waals surface area (Å²) in [5.74, 6) is 0.185. The number of fused-ring (bicyclic) bond motifs is 2. The maximum absolute atomic E-state index is 13.7. The van der Waals surface area contributed by atoms with Gasteiger partial charge in [-0.1, -0.05) is 0 Å². The minimum absolute atomic E-state index is 0.0149. The average molecular weight is 332 g/mol. The first-order chi connectivity index (χ1) is 11.4. The lowest BCUT2D eigenvalue weighted by Gasteiger charge is -2.38. The molecule has 0 N–H and O–H groups in total. The molecule has 1 saturated carbocycles. The Hall–Kier alpha value is -2.11. The molecule has 0 unspecified atom stereocenters. The molecule has 2 amide bonds. The maximum Gasteiger partial charge on any atom is 0.244 e. The van der Waals surface area contributed by atoms with Crippen LogP contribution in [-0.4, -0.2) is 54.4 Å². The molecule has 3 atom stereocenters. The molecule has 128 valence electrons. The summed E-state index contributed by atoms with van der Waals surface area (Å²) in [4.78, 5) is 28.5. The van der Waals surface area contributed by atoms with Gasteiger partial charge in [0.05, 0.1) is 6.61 Å². The molecule has 4 rings (SSSR count). The van der Waals surface area contributed by atoms with Crippen molar-refractivity contribution in [3.05, 3.63) is 29.6 Å². The fourth-order valence-corrected chi connectivity index (χ4v) is 4.21. The Bertz CT molecular complexity index is 722. The van der Waals surface area contributed by atoms with E-state index in [-0.39, 0.29) is 29.0 Å². The number of halogens is 1. The van der Waals surface area contributed by atoms with Crippen molar-refractivity contribution in [2.24, 2.45) is 5.92 Å². The molecule has 1 saturated heterocycles. The summed E-state index contributed by atoms with van der Waals surface area (Å²) in [5, 5.41) is 0. The van der Waals surface area contributed by atoms with Gasteiger partial charge in [-0.25, -0.2) is 4.39 Å².